The quantitative estimate of drug-likeness (QED) is 0.577. The molecule has 86 valence electrons. The van der Waals surface area contributed by atoms with Crippen molar-refractivity contribution in [2.75, 3.05) is 0 Å². The molecule has 0 heteroatoms. The summed E-state index contributed by atoms with van der Waals surface area (Å²) in [5.74, 6) is 0.886. The van der Waals surface area contributed by atoms with E-state index in [1.54, 1.807) is 0 Å². The van der Waals surface area contributed by atoms with E-state index >= 15 is 0 Å². The summed E-state index contributed by atoms with van der Waals surface area (Å²) in [5.41, 5.74) is 1.02. The monoisotopic (exact) mass is 198 g/mol. The van der Waals surface area contributed by atoms with E-state index < -0.39 is 0 Å². The maximum absolute atomic E-state index is 2.40. The van der Waals surface area contributed by atoms with Gasteiger partial charge in [0.25, 0.3) is 0 Å². The van der Waals surface area contributed by atoms with Crippen molar-refractivity contribution >= 4 is 0 Å². The van der Waals surface area contributed by atoms with Gasteiger partial charge in [-0.25, -0.2) is 0 Å². The second-order valence-electron chi connectivity index (χ2n) is 7.32. The molecule has 0 aromatic rings. The van der Waals surface area contributed by atoms with Crippen molar-refractivity contribution in [3.05, 3.63) is 0 Å². The van der Waals surface area contributed by atoms with Crippen molar-refractivity contribution in [2.24, 2.45) is 16.7 Å². The van der Waals surface area contributed by atoms with Crippen molar-refractivity contribution in [2.45, 2.75) is 74.1 Å². The first kappa shape index (κ1) is 14.0. The first-order valence-corrected chi connectivity index (χ1v) is 6.10. The molecule has 0 aliphatic carbocycles. The van der Waals surface area contributed by atoms with Gasteiger partial charge in [-0.2, -0.15) is 0 Å². The highest BCUT2D eigenvalue weighted by Crippen LogP contribution is 2.29. The summed E-state index contributed by atoms with van der Waals surface area (Å²) in [4.78, 5) is 0. The van der Waals surface area contributed by atoms with E-state index in [9.17, 15) is 0 Å². The van der Waals surface area contributed by atoms with Crippen molar-refractivity contribution in [1.29, 1.82) is 0 Å². The molecule has 0 rings (SSSR count). The molecule has 0 N–H and O–H groups in total. The van der Waals surface area contributed by atoms with Gasteiger partial charge in [0.1, 0.15) is 0 Å². The highest BCUT2D eigenvalue weighted by Gasteiger charge is 2.16. The molecular weight excluding hydrogens is 168 g/mol. The average molecular weight is 198 g/mol. The van der Waals surface area contributed by atoms with Gasteiger partial charge in [-0.3, -0.25) is 0 Å². The Morgan fingerprint density at radius 1 is 0.857 bits per heavy atom. The van der Waals surface area contributed by atoms with Crippen LogP contribution < -0.4 is 0 Å². The van der Waals surface area contributed by atoms with Gasteiger partial charge in [0.15, 0.2) is 0 Å². The smallest absolute Gasteiger partial charge is 0.0380 e. The second kappa shape index (κ2) is 5.19. The summed E-state index contributed by atoms with van der Waals surface area (Å²) in [6.07, 6.45) is 5.51. The van der Waals surface area contributed by atoms with Crippen molar-refractivity contribution in [3.8, 4) is 0 Å². The summed E-state index contributed by atoms with van der Waals surface area (Å²) in [5, 5.41) is 0. The third kappa shape index (κ3) is 10.1. The Labute approximate surface area is 91.5 Å². The fourth-order valence-electron chi connectivity index (χ4n) is 2.13. The number of rotatable bonds is 4. The van der Waals surface area contributed by atoms with Gasteiger partial charge >= 0.3 is 0 Å². The Balaban J connectivity index is 3.60. The van der Waals surface area contributed by atoms with Gasteiger partial charge in [-0.05, 0) is 29.6 Å². The molecule has 0 amide bonds. The minimum absolute atomic E-state index is 0.501. The Bertz CT molecular complexity index is 142. The number of hydrogen-bond donors (Lipinski definition) is 0. The first-order valence-electron chi connectivity index (χ1n) is 6.10. The van der Waals surface area contributed by atoms with Crippen molar-refractivity contribution in [1.82, 2.24) is 0 Å². The second-order valence-corrected chi connectivity index (χ2v) is 7.32. The van der Waals surface area contributed by atoms with Crippen LogP contribution in [-0.4, -0.2) is 0 Å². The van der Waals surface area contributed by atoms with Crippen LogP contribution in [-0.2, 0) is 0 Å². The Morgan fingerprint density at radius 2 is 1.36 bits per heavy atom. The molecule has 0 aromatic carbocycles. The number of hydrogen-bond acceptors (Lipinski definition) is 0. The van der Waals surface area contributed by atoms with E-state index in [2.05, 4.69) is 48.5 Å². The summed E-state index contributed by atoms with van der Waals surface area (Å²) < 4.78 is 0. The molecule has 0 unspecified atom stereocenters. The lowest BCUT2D eigenvalue weighted by Gasteiger charge is -2.24. The third-order valence-electron chi connectivity index (χ3n) is 2.58. The fourth-order valence-corrected chi connectivity index (χ4v) is 2.13. The summed E-state index contributed by atoms with van der Waals surface area (Å²) in [6.45, 7) is 16.4. The molecule has 0 spiro atoms. The molecule has 0 bridgehead atoms. The molecule has 0 heterocycles. The predicted octanol–water partition coefficient (Wildman–Crippen LogP) is 5.28. The predicted molar refractivity (Wildman–Crippen MR) is 66.5 cm³/mol. The largest absolute Gasteiger partial charge is 0.0625 e. The Kier molecular flexibility index (Phi) is 5.19. The molecule has 0 radical (unpaired) electrons. The average Bonchev–Trinajstić information content (AvgIpc) is 1.78. The zero-order chi connectivity index (χ0) is 11.4. The van der Waals surface area contributed by atoms with Gasteiger partial charge < -0.3 is 0 Å². The van der Waals surface area contributed by atoms with Gasteiger partial charge in [-0.1, -0.05) is 61.3 Å². The maximum Gasteiger partial charge on any atom is -0.0380 e. The highest BCUT2D eigenvalue weighted by molar-refractivity contribution is 4.68. The minimum Gasteiger partial charge on any atom is -0.0625 e. The van der Waals surface area contributed by atoms with E-state index in [-0.39, 0.29) is 0 Å². The van der Waals surface area contributed by atoms with Crippen LogP contribution in [0.1, 0.15) is 74.1 Å². The molecule has 0 fully saturated rings. The van der Waals surface area contributed by atoms with E-state index in [1.165, 1.54) is 25.7 Å². The molecule has 0 aliphatic rings. The molecule has 0 aromatic heterocycles. The van der Waals surface area contributed by atoms with Crippen LogP contribution in [0.2, 0.25) is 0 Å². The van der Waals surface area contributed by atoms with Crippen LogP contribution in [0.15, 0.2) is 0 Å². The molecule has 0 aliphatic heterocycles. The topological polar surface area (TPSA) is 0 Å². The van der Waals surface area contributed by atoms with E-state index in [4.69, 9.17) is 0 Å². The lowest BCUT2D eigenvalue weighted by atomic mass is 9.82. The molecule has 1 atom stereocenters. The minimum atomic E-state index is 0.501. The van der Waals surface area contributed by atoms with Crippen LogP contribution in [0.25, 0.3) is 0 Å². The summed E-state index contributed by atoms with van der Waals surface area (Å²) in [7, 11) is 0. The molecule has 0 nitrogen and oxygen atoms in total. The highest BCUT2D eigenvalue weighted by atomic mass is 14.2. The van der Waals surface area contributed by atoms with Crippen LogP contribution in [0.3, 0.4) is 0 Å². The van der Waals surface area contributed by atoms with E-state index in [0.29, 0.717) is 10.8 Å². The SMILES string of the molecule is C[C@@H](CCCC(C)(C)C)CC(C)(C)C. The van der Waals surface area contributed by atoms with Crippen molar-refractivity contribution in [3.63, 3.8) is 0 Å². The molecule has 0 saturated heterocycles. The Hall–Kier alpha value is 0. The zero-order valence-electron chi connectivity index (χ0n) is 11.4. The van der Waals surface area contributed by atoms with E-state index in [0.717, 1.165) is 5.92 Å². The standard InChI is InChI=1S/C14H30/c1-12(11-14(5,6)7)9-8-10-13(2,3)4/h12H,8-11H2,1-7H3/t12-/m0/s1. The lowest BCUT2D eigenvalue weighted by molar-refractivity contribution is 0.276. The zero-order valence-corrected chi connectivity index (χ0v) is 11.4. The Morgan fingerprint density at radius 3 is 1.71 bits per heavy atom. The van der Waals surface area contributed by atoms with Gasteiger partial charge in [0, 0.05) is 0 Å². The van der Waals surface area contributed by atoms with Gasteiger partial charge in [-0.15, -0.1) is 0 Å². The maximum atomic E-state index is 2.40. The van der Waals surface area contributed by atoms with Crippen LogP contribution >= 0.6 is 0 Å². The molecule has 0 saturated carbocycles. The third-order valence-corrected chi connectivity index (χ3v) is 2.58. The summed E-state index contributed by atoms with van der Waals surface area (Å²) in [6, 6.07) is 0. The normalized spacial score (nSPS) is 15.6. The van der Waals surface area contributed by atoms with Crippen molar-refractivity contribution < 1.29 is 0 Å². The lowest BCUT2D eigenvalue weighted by Crippen LogP contribution is -2.12. The van der Waals surface area contributed by atoms with Crippen LogP contribution in [0, 0.1) is 16.7 Å². The van der Waals surface area contributed by atoms with Crippen LogP contribution in [0.5, 0.6) is 0 Å². The first-order chi connectivity index (χ1) is 6.10. The van der Waals surface area contributed by atoms with Crippen LogP contribution in [0.4, 0.5) is 0 Å². The molecule has 14 heavy (non-hydrogen) atoms. The summed E-state index contributed by atoms with van der Waals surface area (Å²) >= 11 is 0. The van der Waals surface area contributed by atoms with Gasteiger partial charge in [0.05, 0.1) is 0 Å². The van der Waals surface area contributed by atoms with E-state index in [1.807, 2.05) is 0 Å². The molecular formula is C14H30. The van der Waals surface area contributed by atoms with Gasteiger partial charge in [0.2, 0.25) is 0 Å². The fraction of sp³-hybridized carbons (Fsp3) is 1.00.